The molecule has 2 aromatic carbocycles. The van der Waals surface area contributed by atoms with Gasteiger partial charge in [0.2, 0.25) is 5.91 Å². The van der Waals surface area contributed by atoms with Crippen LogP contribution in [0.4, 0.5) is 11.4 Å². The normalized spacial score (nSPS) is 15.9. The first-order valence-electron chi connectivity index (χ1n) is 10.4. The van der Waals surface area contributed by atoms with Gasteiger partial charge in [0.25, 0.3) is 0 Å². The molecule has 2 aromatic rings. The summed E-state index contributed by atoms with van der Waals surface area (Å²) in [6.45, 7) is 3.07. The van der Waals surface area contributed by atoms with Crippen molar-refractivity contribution in [1.29, 1.82) is 0 Å². The summed E-state index contributed by atoms with van der Waals surface area (Å²) in [6.07, 6.45) is 1.16. The Morgan fingerprint density at radius 3 is 2.77 bits per heavy atom. The van der Waals surface area contributed by atoms with Crippen molar-refractivity contribution in [3.63, 3.8) is 0 Å². The van der Waals surface area contributed by atoms with E-state index in [-0.39, 0.29) is 12.5 Å². The summed E-state index contributed by atoms with van der Waals surface area (Å²) in [5.74, 6) is -0.816. The summed E-state index contributed by atoms with van der Waals surface area (Å²) in [6, 6.07) is 10.6. The highest BCUT2D eigenvalue weighted by Gasteiger charge is 2.24. The Bertz CT molecular complexity index is 1040. The zero-order valence-corrected chi connectivity index (χ0v) is 17.3. The number of amides is 3. The molecule has 2 aliphatic rings. The van der Waals surface area contributed by atoms with Gasteiger partial charge in [-0.2, -0.15) is 0 Å². The maximum Gasteiger partial charge on any atom is 0.313 e. The van der Waals surface area contributed by atoms with Crippen molar-refractivity contribution in [2.24, 2.45) is 0 Å². The second-order valence-electron chi connectivity index (χ2n) is 7.80. The van der Waals surface area contributed by atoms with Gasteiger partial charge in [0, 0.05) is 37.3 Å². The number of anilines is 2. The molecule has 0 spiro atoms. The number of nitrogens with one attached hydrogen (secondary N) is 2. The quantitative estimate of drug-likeness (QED) is 0.636. The van der Waals surface area contributed by atoms with Crippen LogP contribution >= 0.6 is 0 Å². The minimum atomic E-state index is -0.935. The van der Waals surface area contributed by atoms with Gasteiger partial charge >= 0.3 is 11.8 Å². The van der Waals surface area contributed by atoms with E-state index in [1.165, 1.54) is 0 Å². The van der Waals surface area contributed by atoms with Gasteiger partial charge in [-0.05, 0) is 54.3 Å². The van der Waals surface area contributed by atoms with Crippen molar-refractivity contribution in [2.75, 3.05) is 29.9 Å². The number of nitrogens with zero attached hydrogens (tertiary/aromatic N) is 1. The van der Waals surface area contributed by atoms with Crippen LogP contribution in [0.2, 0.25) is 0 Å². The minimum Gasteiger partial charge on any atom is -0.493 e. The first-order chi connectivity index (χ1) is 14.9. The number of benzene rings is 2. The third-order valence-corrected chi connectivity index (χ3v) is 5.59. The molecule has 8 heteroatoms. The number of fused-ring (bicyclic) bond motifs is 1. The lowest BCUT2D eigenvalue weighted by Gasteiger charge is -2.19. The number of rotatable bonds is 5. The van der Waals surface area contributed by atoms with Crippen molar-refractivity contribution < 1.29 is 24.2 Å². The van der Waals surface area contributed by atoms with Gasteiger partial charge in [-0.15, -0.1) is 0 Å². The van der Waals surface area contributed by atoms with E-state index in [0.717, 1.165) is 35.4 Å². The van der Waals surface area contributed by atoms with E-state index in [9.17, 15) is 19.5 Å². The first-order valence-corrected chi connectivity index (χ1v) is 10.4. The number of aryl methyl sites for hydroxylation is 1. The van der Waals surface area contributed by atoms with Crippen LogP contribution in [0.15, 0.2) is 36.4 Å². The summed E-state index contributed by atoms with van der Waals surface area (Å²) in [7, 11) is 0. The molecule has 0 radical (unpaired) electrons. The van der Waals surface area contributed by atoms with Crippen LogP contribution < -0.4 is 20.3 Å². The van der Waals surface area contributed by atoms with Gasteiger partial charge in [0.15, 0.2) is 0 Å². The Morgan fingerprint density at radius 1 is 1.16 bits per heavy atom. The summed E-state index contributed by atoms with van der Waals surface area (Å²) in [5.41, 5.74) is 3.76. The molecule has 0 bridgehead atoms. The highest BCUT2D eigenvalue weighted by atomic mass is 16.5. The Hall–Kier alpha value is -3.39. The molecule has 0 saturated carbocycles. The SMILES string of the molecule is Cc1ccc(NC(=O)C(=O)NCC(O)c2ccc3c(c2)CCO3)cc1N1CCCC1=O. The lowest BCUT2D eigenvalue weighted by atomic mass is 10.0. The standard InChI is InChI=1S/C23H25N3O5/c1-14-4-6-17(12-18(14)26-9-2-3-21(26)28)25-23(30)22(29)24-13-19(27)15-5-7-20-16(11-15)8-10-31-20/h4-7,11-12,19,27H,2-3,8-10,13H2,1H3,(H,24,29)(H,25,30). The summed E-state index contributed by atoms with van der Waals surface area (Å²) in [5, 5.41) is 15.4. The third-order valence-electron chi connectivity index (χ3n) is 5.59. The predicted molar refractivity (Wildman–Crippen MR) is 115 cm³/mol. The average Bonchev–Trinajstić information content (AvgIpc) is 3.41. The summed E-state index contributed by atoms with van der Waals surface area (Å²) >= 11 is 0. The number of hydrogen-bond donors (Lipinski definition) is 3. The van der Waals surface area contributed by atoms with Gasteiger partial charge < -0.3 is 25.4 Å². The highest BCUT2D eigenvalue weighted by Crippen LogP contribution is 2.29. The van der Waals surface area contributed by atoms with Crippen LogP contribution in [0.5, 0.6) is 5.75 Å². The van der Waals surface area contributed by atoms with Crippen LogP contribution in [0, 0.1) is 6.92 Å². The Balaban J connectivity index is 1.34. The maximum atomic E-state index is 12.3. The molecule has 0 aromatic heterocycles. The van der Waals surface area contributed by atoms with Crippen molar-refractivity contribution >= 4 is 29.1 Å². The number of aliphatic hydroxyl groups is 1. The van der Waals surface area contributed by atoms with Gasteiger partial charge in [0.05, 0.1) is 12.7 Å². The summed E-state index contributed by atoms with van der Waals surface area (Å²) < 4.78 is 5.45. The van der Waals surface area contributed by atoms with Gasteiger partial charge in [-0.25, -0.2) is 0 Å². The Kier molecular flexibility index (Phi) is 5.90. The van der Waals surface area contributed by atoms with E-state index in [1.54, 1.807) is 35.2 Å². The number of aliphatic hydroxyl groups excluding tert-OH is 1. The zero-order valence-electron chi connectivity index (χ0n) is 17.3. The van der Waals surface area contributed by atoms with Crippen LogP contribution in [0.25, 0.3) is 0 Å². The molecule has 31 heavy (non-hydrogen) atoms. The van der Waals surface area contributed by atoms with Gasteiger partial charge in [-0.1, -0.05) is 12.1 Å². The van der Waals surface area contributed by atoms with Crippen molar-refractivity contribution in [1.82, 2.24) is 5.32 Å². The number of carbonyl (C=O) groups excluding carboxylic acids is 3. The molecule has 1 fully saturated rings. The second-order valence-corrected chi connectivity index (χ2v) is 7.80. The predicted octanol–water partition coefficient (Wildman–Crippen LogP) is 1.85. The fourth-order valence-electron chi connectivity index (χ4n) is 3.87. The van der Waals surface area contributed by atoms with Crippen molar-refractivity contribution in [2.45, 2.75) is 32.3 Å². The van der Waals surface area contributed by atoms with E-state index in [2.05, 4.69) is 10.6 Å². The van der Waals surface area contributed by atoms with Gasteiger partial charge in [-0.3, -0.25) is 14.4 Å². The number of hydrogen-bond acceptors (Lipinski definition) is 5. The van der Waals surface area contributed by atoms with Gasteiger partial charge in [0.1, 0.15) is 5.75 Å². The minimum absolute atomic E-state index is 0.0522. The largest absolute Gasteiger partial charge is 0.493 e. The lowest BCUT2D eigenvalue weighted by molar-refractivity contribution is -0.136. The zero-order chi connectivity index (χ0) is 22.0. The van der Waals surface area contributed by atoms with E-state index in [1.807, 2.05) is 13.0 Å². The maximum absolute atomic E-state index is 12.3. The van der Waals surface area contributed by atoms with Crippen LogP contribution in [-0.2, 0) is 20.8 Å². The third kappa shape index (κ3) is 4.54. The molecule has 1 saturated heterocycles. The van der Waals surface area contributed by atoms with Crippen LogP contribution in [-0.4, -0.2) is 42.5 Å². The van der Waals surface area contributed by atoms with E-state index >= 15 is 0 Å². The fourth-order valence-corrected chi connectivity index (χ4v) is 3.87. The molecule has 2 aliphatic heterocycles. The first kappa shape index (κ1) is 20.9. The van der Waals surface area contributed by atoms with Crippen LogP contribution in [0.1, 0.15) is 35.6 Å². The number of ether oxygens (including phenoxy) is 1. The Labute approximate surface area is 180 Å². The van der Waals surface area contributed by atoms with Crippen molar-refractivity contribution in [3.8, 4) is 5.75 Å². The lowest BCUT2D eigenvalue weighted by Crippen LogP contribution is -2.37. The molecule has 8 nitrogen and oxygen atoms in total. The Morgan fingerprint density at radius 2 is 2.00 bits per heavy atom. The molecule has 4 rings (SSSR count). The molecular formula is C23H25N3O5. The topological polar surface area (TPSA) is 108 Å². The molecule has 0 aliphatic carbocycles. The molecule has 3 amide bonds. The monoisotopic (exact) mass is 423 g/mol. The van der Waals surface area contributed by atoms with E-state index in [0.29, 0.717) is 30.8 Å². The average molecular weight is 423 g/mol. The number of carbonyl (C=O) groups is 3. The smallest absolute Gasteiger partial charge is 0.313 e. The molecule has 162 valence electrons. The van der Waals surface area contributed by atoms with E-state index in [4.69, 9.17) is 4.74 Å². The second kappa shape index (κ2) is 8.77. The fraction of sp³-hybridized carbons (Fsp3) is 0.348. The molecular weight excluding hydrogens is 398 g/mol. The van der Waals surface area contributed by atoms with Crippen molar-refractivity contribution in [3.05, 3.63) is 53.1 Å². The van der Waals surface area contributed by atoms with E-state index < -0.39 is 17.9 Å². The summed E-state index contributed by atoms with van der Waals surface area (Å²) in [4.78, 5) is 38.2. The van der Waals surface area contributed by atoms with Crippen LogP contribution in [0.3, 0.4) is 0 Å². The molecule has 1 unspecified atom stereocenters. The molecule has 1 atom stereocenters. The highest BCUT2D eigenvalue weighted by molar-refractivity contribution is 6.39. The molecule has 3 N–H and O–H groups in total. The molecule has 2 heterocycles.